The molecule has 2 N–H and O–H groups in total. The molecule has 2 fully saturated rings. The molecule has 2 heterocycles. The lowest BCUT2D eigenvalue weighted by atomic mass is 9.95. The van der Waals surface area contributed by atoms with Crippen molar-refractivity contribution in [2.45, 2.75) is 32.9 Å². The van der Waals surface area contributed by atoms with Gasteiger partial charge in [-0.15, -0.1) is 0 Å². The number of nitrogens with one attached hydrogen (secondary N) is 2. The normalized spacial score (nSPS) is 36.1. The third-order valence-electron chi connectivity index (χ3n) is 4.21. The van der Waals surface area contributed by atoms with Gasteiger partial charge in [-0.1, -0.05) is 0 Å². The third kappa shape index (κ3) is 1.96. The van der Waals surface area contributed by atoms with Crippen LogP contribution in [0.1, 0.15) is 20.8 Å². The van der Waals surface area contributed by atoms with Crippen molar-refractivity contribution in [1.82, 2.24) is 15.5 Å². The number of carbonyl (C=O) groups excluding carboxylic acids is 1. The molecule has 2 aliphatic rings. The fraction of sp³-hybridized carbons (Fsp3) is 0.917. The summed E-state index contributed by atoms with van der Waals surface area (Å²) in [6, 6.07) is 0.540. The Morgan fingerprint density at radius 3 is 2.94 bits per heavy atom. The first kappa shape index (κ1) is 11.9. The highest BCUT2D eigenvalue weighted by molar-refractivity contribution is 5.81. The second kappa shape index (κ2) is 4.72. The zero-order valence-corrected chi connectivity index (χ0v) is 10.5. The molecule has 0 saturated carbocycles. The molecule has 2 rings (SSSR count). The topological polar surface area (TPSA) is 44.4 Å². The van der Waals surface area contributed by atoms with Crippen LogP contribution in [0, 0.1) is 11.8 Å². The van der Waals surface area contributed by atoms with E-state index in [1.165, 1.54) is 0 Å². The van der Waals surface area contributed by atoms with Crippen molar-refractivity contribution in [3.05, 3.63) is 0 Å². The predicted molar refractivity (Wildman–Crippen MR) is 64.2 cm³/mol. The van der Waals surface area contributed by atoms with Gasteiger partial charge in [0, 0.05) is 19.1 Å². The van der Waals surface area contributed by atoms with E-state index in [1.807, 2.05) is 13.8 Å². The molecule has 2 aliphatic heterocycles. The Morgan fingerprint density at radius 1 is 1.56 bits per heavy atom. The average molecular weight is 225 g/mol. The lowest BCUT2D eigenvalue weighted by Gasteiger charge is -2.29. The van der Waals surface area contributed by atoms with E-state index in [2.05, 4.69) is 22.5 Å². The molecule has 0 aromatic heterocycles. The zero-order valence-electron chi connectivity index (χ0n) is 10.5. The summed E-state index contributed by atoms with van der Waals surface area (Å²) in [5, 5.41) is 6.35. The van der Waals surface area contributed by atoms with Gasteiger partial charge in [0.25, 0.3) is 0 Å². The molecule has 16 heavy (non-hydrogen) atoms. The Kier molecular flexibility index (Phi) is 3.50. The lowest BCUT2D eigenvalue weighted by Crippen LogP contribution is -2.48. The van der Waals surface area contributed by atoms with E-state index in [1.54, 1.807) is 0 Å². The van der Waals surface area contributed by atoms with Crippen molar-refractivity contribution >= 4 is 5.91 Å². The first-order chi connectivity index (χ1) is 7.65. The van der Waals surface area contributed by atoms with Crippen LogP contribution in [0.25, 0.3) is 0 Å². The quantitative estimate of drug-likeness (QED) is 0.713. The number of likely N-dealkylation sites (tertiary alicyclic amines) is 1. The van der Waals surface area contributed by atoms with Crippen LogP contribution in [0.4, 0.5) is 0 Å². The minimum Gasteiger partial charge on any atom is -0.355 e. The molecule has 0 aliphatic carbocycles. The van der Waals surface area contributed by atoms with E-state index in [4.69, 9.17) is 0 Å². The van der Waals surface area contributed by atoms with Gasteiger partial charge in [-0.05, 0) is 45.7 Å². The van der Waals surface area contributed by atoms with Crippen LogP contribution in [-0.4, -0.2) is 49.1 Å². The maximum Gasteiger partial charge on any atom is 0.237 e. The molecule has 4 unspecified atom stereocenters. The van der Waals surface area contributed by atoms with Crippen LogP contribution in [0.2, 0.25) is 0 Å². The second-order valence-corrected chi connectivity index (χ2v) is 5.09. The van der Waals surface area contributed by atoms with E-state index >= 15 is 0 Å². The van der Waals surface area contributed by atoms with Crippen molar-refractivity contribution in [2.75, 3.05) is 26.2 Å². The summed E-state index contributed by atoms with van der Waals surface area (Å²) >= 11 is 0. The summed E-state index contributed by atoms with van der Waals surface area (Å²) in [6.07, 6.45) is 0. The molecule has 2 saturated heterocycles. The predicted octanol–water partition coefficient (Wildman–Crippen LogP) is 0.0507. The summed E-state index contributed by atoms with van der Waals surface area (Å²) in [4.78, 5) is 14.2. The van der Waals surface area contributed by atoms with E-state index in [-0.39, 0.29) is 11.9 Å². The number of carbonyl (C=O) groups is 1. The van der Waals surface area contributed by atoms with E-state index in [0.29, 0.717) is 6.04 Å². The summed E-state index contributed by atoms with van der Waals surface area (Å²) in [6.45, 7) is 10.3. The monoisotopic (exact) mass is 225 g/mol. The highest BCUT2D eigenvalue weighted by Gasteiger charge is 2.44. The highest BCUT2D eigenvalue weighted by atomic mass is 16.2. The second-order valence-electron chi connectivity index (χ2n) is 5.09. The van der Waals surface area contributed by atoms with Gasteiger partial charge in [0.2, 0.25) is 5.91 Å². The van der Waals surface area contributed by atoms with Crippen molar-refractivity contribution in [3.8, 4) is 0 Å². The molecule has 4 atom stereocenters. The van der Waals surface area contributed by atoms with E-state index in [0.717, 1.165) is 38.0 Å². The average Bonchev–Trinajstić information content (AvgIpc) is 2.81. The van der Waals surface area contributed by atoms with Gasteiger partial charge in [0.1, 0.15) is 0 Å². The van der Waals surface area contributed by atoms with Gasteiger partial charge < -0.3 is 10.6 Å². The number of hydrogen-bond acceptors (Lipinski definition) is 3. The molecule has 4 nitrogen and oxygen atoms in total. The fourth-order valence-corrected chi connectivity index (χ4v) is 3.18. The maximum absolute atomic E-state index is 11.8. The minimum atomic E-state index is 0.0144. The Labute approximate surface area is 97.8 Å². The fourth-order valence-electron chi connectivity index (χ4n) is 3.18. The SMILES string of the molecule is CCNC(=O)C(C)N1CC2CNCC2C1C. The summed E-state index contributed by atoms with van der Waals surface area (Å²) in [7, 11) is 0. The van der Waals surface area contributed by atoms with Crippen LogP contribution in [0.15, 0.2) is 0 Å². The van der Waals surface area contributed by atoms with Crippen molar-refractivity contribution in [2.24, 2.45) is 11.8 Å². The van der Waals surface area contributed by atoms with Gasteiger partial charge in [-0.3, -0.25) is 9.69 Å². The summed E-state index contributed by atoms with van der Waals surface area (Å²) in [5.74, 6) is 1.64. The number of amides is 1. The Hall–Kier alpha value is -0.610. The van der Waals surface area contributed by atoms with Gasteiger partial charge in [0.05, 0.1) is 6.04 Å². The van der Waals surface area contributed by atoms with E-state index in [9.17, 15) is 4.79 Å². The van der Waals surface area contributed by atoms with Gasteiger partial charge in [-0.25, -0.2) is 0 Å². The van der Waals surface area contributed by atoms with Gasteiger partial charge in [0.15, 0.2) is 0 Å². The molecular weight excluding hydrogens is 202 g/mol. The standard InChI is InChI=1S/C12H23N3O/c1-4-14-12(16)9(3)15-7-10-5-13-6-11(10)8(15)2/h8-11,13H,4-7H2,1-3H3,(H,14,16). The van der Waals surface area contributed by atoms with Crippen LogP contribution in [-0.2, 0) is 4.79 Å². The van der Waals surface area contributed by atoms with Crippen molar-refractivity contribution in [3.63, 3.8) is 0 Å². The van der Waals surface area contributed by atoms with E-state index < -0.39 is 0 Å². The van der Waals surface area contributed by atoms with Crippen molar-refractivity contribution in [1.29, 1.82) is 0 Å². The Bertz CT molecular complexity index is 269. The van der Waals surface area contributed by atoms with Gasteiger partial charge >= 0.3 is 0 Å². The maximum atomic E-state index is 11.8. The number of fused-ring (bicyclic) bond motifs is 1. The highest BCUT2D eigenvalue weighted by Crippen LogP contribution is 2.33. The molecule has 4 heteroatoms. The first-order valence-corrected chi connectivity index (χ1v) is 6.39. The smallest absolute Gasteiger partial charge is 0.237 e. The molecule has 0 aromatic carbocycles. The number of hydrogen-bond donors (Lipinski definition) is 2. The Morgan fingerprint density at radius 2 is 2.31 bits per heavy atom. The Balaban J connectivity index is 1.98. The van der Waals surface area contributed by atoms with Crippen LogP contribution < -0.4 is 10.6 Å². The number of rotatable bonds is 3. The number of likely N-dealkylation sites (N-methyl/N-ethyl adjacent to an activating group) is 1. The molecule has 0 aromatic rings. The van der Waals surface area contributed by atoms with Crippen molar-refractivity contribution < 1.29 is 4.79 Å². The summed E-state index contributed by atoms with van der Waals surface area (Å²) < 4.78 is 0. The molecule has 0 bridgehead atoms. The number of nitrogens with zero attached hydrogens (tertiary/aromatic N) is 1. The first-order valence-electron chi connectivity index (χ1n) is 6.39. The van der Waals surface area contributed by atoms with Crippen LogP contribution >= 0.6 is 0 Å². The molecule has 0 spiro atoms. The third-order valence-corrected chi connectivity index (χ3v) is 4.21. The zero-order chi connectivity index (χ0) is 11.7. The molecular formula is C12H23N3O. The summed E-state index contributed by atoms with van der Waals surface area (Å²) in [5.41, 5.74) is 0. The molecule has 0 radical (unpaired) electrons. The van der Waals surface area contributed by atoms with Gasteiger partial charge in [-0.2, -0.15) is 0 Å². The lowest BCUT2D eigenvalue weighted by molar-refractivity contribution is -0.126. The molecule has 92 valence electrons. The minimum absolute atomic E-state index is 0.0144. The van der Waals surface area contributed by atoms with Crippen LogP contribution in [0.5, 0.6) is 0 Å². The molecule has 1 amide bonds. The largest absolute Gasteiger partial charge is 0.355 e. The van der Waals surface area contributed by atoms with Crippen LogP contribution in [0.3, 0.4) is 0 Å².